The maximum atomic E-state index is 5.66. The van der Waals surface area contributed by atoms with Gasteiger partial charge in [-0.15, -0.1) is 0 Å². The van der Waals surface area contributed by atoms with Crippen LogP contribution in [0, 0.1) is 11.3 Å². The monoisotopic (exact) mass is 276 g/mol. The van der Waals surface area contributed by atoms with Crippen molar-refractivity contribution in [2.75, 3.05) is 13.1 Å². The molecule has 0 amide bonds. The molecule has 0 radical (unpaired) electrons. The molecule has 3 heteroatoms. The average Bonchev–Trinajstić information content (AvgIpc) is 2.90. The number of rotatable bonds is 5. The van der Waals surface area contributed by atoms with E-state index in [-0.39, 0.29) is 0 Å². The molecule has 0 bridgehead atoms. The lowest BCUT2D eigenvalue weighted by atomic mass is 9.80. The highest BCUT2D eigenvalue weighted by molar-refractivity contribution is 5.17. The lowest BCUT2D eigenvalue weighted by Crippen LogP contribution is -2.26. The topological polar surface area (TPSA) is 28.4 Å². The molecule has 1 saturated carbocycles. The zero-order valence-corrected chi connectivity index (χ0v) is 13.1. The first-order chi connectivity index (χ1) is 9.52. The smallest absolute Gasteiger partial charge is 0.122 e. The second-order valence-electron chi connectivity index (χ2n) is 7.61. The van der Waals surface area contributed by atoms with Gasteiger partial charge in [0, 0.05) is 24.7 Å². The Bertz CT molecular complexity index is 442. The van der Waals surface area contributed by atoms with Crippen LogP contribution in [0.3, 0.4) is 0 Å². The molecule has 1 aromatic heterocycles. The quantitative estimate of drug-likeness (QED) is 0.893. The molecule has 1 N–H and O–H groups in total. The molecular weight excluding hydrogens is 248 g/mol. The van der Waals surface area contributed by atoms with Gasteiger partial charge in [0.25, 0.3) is 0 Å². The van der Waals surface area contributed by atoms with Gasteiger partial charge in [-0.05, 0) is 43.2 Å². The van der Waals surface area contributed by atoms with E-state index in [4.69, 9.17) is 4.42 Å². The molecule has 1 unspecified atom stereocenters. The fourth-order valence-corrected chi connectivity index (χ4v) is 3.11. The standard InChI is InChI=1S/C17H28N2O/c1-17(2,3)14-6-8-19(12-14)11-13-7-9-20-16(13)10-18-15-4-5-15/h7,9,14-15,18H,4-6,8,10-12H2,1-3H3. The summed E-state index contributed by atoms with van der Waals surface area (Å²) in [5, 5.41) is 3.55. The zero-order chi connectivity index (χ0) is 14.2. The molecule has 2 fully saturated rings. The Morgan fingerprint density at radius 1 is 1.30 bits per heavy atom. The number of hydrogen-bond donors (Lipinski definition) is 1. The minimum absolute atomic E-state index is 0.432. The van der Waals surface area contributed by atoms with Gasteiger partial charge in [-0.25, -0.2) is 0 Å². The molecule has 0 spiro atoms. The fraction of sp³-hybridized carbons (Fsp3) is 0.765. The minimum Gasteiger partial charge on any atom is -0.468 e. The van der Waals surface area contributed by atoms with Crippen molar-refractivity contribution >= 4 is 0 Å². The maximum Gasteiger partial charge on any atom is 0.122 e. The average molecular weight is 276 g/mol. The first-order valence-electron chi connectivity index (χ1n) is 8.03. The van der Waals surface area contributed by atoms with Gasteiger partial charge in [0.15, 0.2) is 0 Å². The van der Waals surface area contributed by atoms with Crippen LogP contribution in [0.15, 0.2) is 16.7 Å². The molecule has 2 heterocycles. The van der Waals surface area contributed by atoms with Crippen LogP contribution in [0.25, 0.3) is 0 Å². The summed E-state index contributed by atoms with van der Waals surface area (Å²) in [5.74, 6) is 1.96. The van der Waals surface area contributed by atoms with Gasteiger partial charge in [0.1, 0.15) is 5.76 Å². The summed E-state index contributed by atoms with van der Waals surface area (Å²) in [7, 11) is 0. The molecular formula is C17H28N2O. The van der Waals surface area contributed by atoms with Gasteiger partial charge in [0.2, 0.25) is 0 Å². The summed E-state index contributed by atoms with van der Waals surface area (Å²) < 4.78 is 5.66. The third-order valence-electron chi connectivity index (χ3n) is 4.86. The van der Waals surface area contributed by atoms with Crippen molar-refractivity contribution in [2.24, 2.45) is 11.3 Å². The maximum absolute atomic E-state index is 5.66. The van der Waals surface area contributed by atoms with Crippen LogP contribution in [0.5, 0.6) is 0 Å². The van der Waals surface area contributed by atoms with Crippen LogP contribution in [0.2, 0.25) is 0 Å². The van der Waals surface area contributed by atoms with Gasteiger partial charge in [-0.1, -0.05) is 20.8 Å². The Balaban J connectivity index is 1.54. The lowest BCUT2D eigenvalue weighted by molar-refractivity contribution is 0.225. The van der Waals surface area contributed by atoms with Crippen molar-refractivity contribution in [1.82, 2.24) is 10.2 Å². The lowest BCUT2D eigenvalue weighted by Gasteiger charge is -2.27. The van der Waals surface area contributed by atoms with E-state index in [9.17, 15) is 0 Å². The summed E-state index contributed by atoms with van der Waals surface area (Å²) in [4.78, 5) is 2.58. The van der Waals surface area contributed by atoms with Gasteiger partial charge < -0.3 is 9.73 Å². The summed E-state index contributed by atoms with van der Waals surface area (Å²) in [6.45, 7) is 11.5. The molecule has 3 rings (SSSR count). The van der Waals surface area contributed by atoms with Crippen molar-refractivity contribution in [2.45, 2.75) is 59.2 Å². The van der Waals surface area contributed by atoms with Crippen molar-refractivity contribution in [3.8, 4) is 0 Å². The third kappa shape index (κ3) is 3.44. The first kappa shape index (κ1) is 14.2. The molecule has 1 saturated heterocycles. The molecule has 1 aliphatic carbocycles. The van der Waals surface area contributed by atoms with Crippen LogP contribution < -0.4 is 5.32 Å². The Morgan fingerprint density at radius 2 is 2.10 bits per heavy atom. The van der Waals surface area contributed by atoms with Gasteiger partial charge in [0.05, 0.1) is 12.8 Å². The highest BCUT2D eigenvalue weighted by atomic mass is 16.3. The molecule has 2 aliphatic rings. The molecule has 0 aromatic carbocycles. The highest BCUT2D eigenvalue weighted by Gasteiger charge is 2.32. The first-order valence-corrected chi connectivity index (χ1v) is 8.03. The number of likely N-dealkylation sites (tertiary alicyclic amines) is 1. The van der Waals surface area contributed by atoms with Crippen LogP contribution in [-0.2, 0) is 13.1 Å². The van der Waals surface area contributed by atoms with Gasteiger partial charge in [-0.3, -0.25) is 4.90 Å². The fourth-order valence-electron chi connectivity index (χ4n) is 3.11. The number of furan rings is 1. The van der Waals surface area contributed by atoms with Gasteiger partial charge in [-0.2, -0.15) is 0 Å². The van der Waals surface area contributed by atoms with E-state index >= 15 is 0 Å². The summed E-state index contributed by atoms with van der Waals surface area (Å²) in [6, 6.07) is 2.89. The van der Waals surface area contributed by atoms with Crippen LogP contribution in [-0.4, -0.2) is 24.0 Å². The normalized spacial score (nSPS) is 24.4. The van der Waals surface area contributed by atoms with Crippen molar-refractivity contribution in [1.29, 1.82) is 0 Å². The Kier molecular flexibility index (Phi) is 3.91. The highest BCUT2D eigenvalue weighted by Crippen LogP contribution is 2.34. The van der Waals surface area contributed by atoms with Crippen LogP contribution in [0.1, 0.15) is 51.4 Å². The molecule has 1 atom stereocenters. The molecule has 3 nitrogen and oxygen atoms in total. The SMILES string of the molecule is CC(C)(C)C1CCN(Cc2ccoc2CNC2CC2)C1. The van der Waals surface area contributed by atoms with E-state index in [1.165, 1.54) is 37.9 Å². The summed E-state index contributed by atoms with van der Waals surface area (Å²) >= 11 is 0. The zero-order valence-electron chi connectivity index (χ0n) is 13.1. The summed E-state index contributed by atoms with van der Waals surface area (Å²) in [6.07, 6.45) is 5.83. The third-order valence-corrected chi connectivity index (χ3v) is 4.86. The Hall–Kier alpha value is -0.800. The molecule has 1 aliphatic heterocycles. The van der Waals surface area contributed by atoms with E-state index in [0.29, 0.717) is 5.41 Å². The predicted octanol–water partition coefficient (Wildman–Crippen LogP) is 3.40. The number of nitrogens with zero attached hydrogens (tertiary/aromatic N) is 1. The van der Waals surface area contributed by atoms with Crippen molar-refractivity contribution in [3.05, 3.63) is 23.7 Å². The van der Waals surface area contributed by atoms with Crippen molar-refractivity contribution in [3.63, 3.8) is 0 Å². The predicted molar refractivity (Wildman–Crippen MR) is 81.4 cm³/mol. The molecule has 112 valence electrons. The van der Waals surface area contributed by atoms with E-state index in [1.54, 1.807) is 0 Å². The van der Waals surface area contributed by atoms with Crippen LogP contribution in [0.4, 0.5) is 0 Å². The van der Waals surface area contributed by atoms with Crippen molar-refractivity contribution < 1.29 is 4.42 Å². The van der Waals surface area contributed by atoms with E-state index < -0.39 is 0 Å². The van der Waals surface area contributed by atoms with E-state index in [2.05, 4.69) is 37.1 Å². The number of hydrogen-bond acceptors (Lipinski definition) is 3. The summed E-state index contributed by atoms with van der Waals surface area (Å²) in [5.41, 5.74) is 1.80. The largest absolute Gasteiger partial charge is 0.468 e. The molecule has 1 aromatic rings. The van der Waals surface area contributed by atoms with E-state index in [1.807, 2.05) is 6.26 Å². The Morgan fingerprint density at radius 3 is 2.75 bits per heavy atom. The number of nitrogens with one attached hydrogen (secondary N) is 1. The minimum atomic E-state index is 0.432. The second-order valence-corrected chi connectivity index (χ2v) is 7.61. The van der Waals surface area contributed by atoms with Gasteiger partial charge >= 0.3 is 0 Å². The second kappa shape index (κ2) is 5.53. The van der Waals surface area contributed by atoms with E-state index in [0.717, 1.165) is 30.8 Å². The van der Waals surface area contributed by atoms with Crippen LogP contribution >= 0.6 is 0 Å². The molecule has 20 heavy (non-hydrogen) atoms. The Labute approximate surface area is 122 Å².